The molecule has 0 radical (unpaired) electrons. The SMILES string of the molecule is COCOC(C)(C)CCC[C@@H](C)[C@H]1CC[C@H]2/C(=C/C=C3/C[C@@H](O[Si](c4ccccc4)(c4ccccc4)C(C)(C)C)C[C@H](O[Si](c4ccccc4)(c4ccccc4)C(C)(C)C)/C3=C/F)CCC[C@]12C. The second-order valence-corrected chi connectivity index (χ2v) is 31.9. The maximum atomic E-state index is 16.3. The second-order valence-electron chi connectivity index (χ2n) is 23.4. The van der Waals surface area contributed by atoms with E-state index in [1.165, 1.54) is 58.4 Å². The molecule has 0 saturated heterocycles. The van der Waals surface area contributed by atoms with Gasteiger partial charge in [-0.25, -0.2) is 4.39 Å². The first-order chi connectivity index (χ1) is 32.4. The maximum Gasteiger partial charge on any atom is 0.261 e. The van der Waals surface area contributed by atoms with Crippen LogP contribution in [0.2, 0.25) is 10.1 Å². The Morgan fingerprint density at radius 1 is 0.706 bits per heavy atom. The van der Waals surface area contributed by atoms with E-state index in [9.17, 15) is 0 Å². The number of allylic oxidation sites excluding steroid dienone is 3. The van der Waals surface area contributed by atoms with Crippen molar-refractivity contribution in [2.45, 2.75) is 161 Å². The minimum Gasteiger partial charge on any atom is -0.404 e. The van der Waals surface area contributed by atoms with Crippen LogP contribution in [0.1, 0.15) is 133 Å². The minimum atomic E-state index is -3.11. The summed E-state index contributed by atoms with van der Waals surface area (Å²) in [5, 5.41) is 4.37. The largest absolute Gasteiger partial charge is 0.404 e. The topological polar surface area (TPSA) is 36.9 Å². The van der Waals surface area contributed by atoms with Gasteiger partial charge in [0.2, 0.25) is 0 Å². The van der Waals surface area contributed by atoms with Gasteiger partial charge in [0.25, 0.3) is 16.6 Å². The third-order valence-corrected chi connectivity index (χ3v) is 26.6. The Kier molecular flexibility index (Phi) is 16.7. The van der Waals surface area contributed by atoms with Gasteiger partial charge in [-0.2, -0.15) is 0 Å². The van der Waals surface area contributed by atoms with Crippen molar-refractivity contribution in [3.63, 3.8) is 0 Å². The summed E-state index contributed by atoms with van der Waals surface area (Å²) >= 11 is 0. The zero-order valence-electron chi connectivity index (χ0n) is 43.5. The number of hydrogen-bond donors (Lipinski definition) is 0. The predicted octanol–water partition coefficient (Wildman–Crippen LogP) is 13.8. The first kappa shape index (κ1) is 52.1. The van der Waals surface area contributed by atoms with Gasteiger partial charge in [0.15, 0.2) is 0 Å². The lowest BCUT2D eigenvalue weighted by molar-refractivity contribution is -0.118. The van der Waals surface area contributed by atoms with Crippen LogP contribution in [0.25, 0.3) is 0 Å². The van der Waals surface area contributed by atoms with Crippen LogP contribution >= 0.6 is 0 Å². The molecule has 3 aliphatic carbocycles. The lowest BCUT2D eigenvalue weighted by atomic mass is 9.60. The van der Waals surface area contributed by atoms with Gasteiger partial charge >= 0.3 is 0 Å². The zero-order valence-corrected chi connectivity index (χ0v) is 45.5. The third kappa shape index (κ3) is 10.8. The molecule has 3 fully saturated rings. The molecule has 0 spiro atoms. The number of fused-ring (bicyclic) bond motifs is 1. The fourth-order valence-electron chi connectivity index (χ4n) is 13.1. The number of halogens is 1. The van der Waals surface area contributed by atoms with E-state index >= 15 is 4.39 Å². The lowest BCUT2D eigenvalue weighted by Crippen LogP contribution is -2.69. The second kappa shape index (κ2) is 21.7. The molecule has 0 aromatic heterocycles. The first-order valence-corrected chi connectivity index (χ1v) is 29.6. The number of methoxy groups -OCH3 is 1. The number of benzene rings is 4. The number of hydrogen-bond acceptors (Lipinski definition) is 4. The van der Waals surface area contributed by atoms with Crippen molar-refractivity contribution >= 4 is 37.4 Å². The van der Waals surface area contributed by atoms with E-state index in [0.717, 1.165) is 31.2 Å². The summed E-state index contributed by atoms with van der Waals surface area (Å²) in [4.78, 5) is 0. The molecule has 3 aliphatic rings. The van der Waals surface area contributed by atoms with Crippen LogP contribution in [0, 0.1) is 23.2 Å². The molecule has 0 heterocycles. The quantitative estimate of drug-likeness (QED) is 0.0781. The van der Waals surface area contributed by atoms with Crippen molar-refractivity contribution < 1.29 is 22.7 Å². The zero-order chi connectivity index (χ0) is 48.8. The number of rotatable bonds is 17. The monoisotopic (exact) mass is 955 g/mol. The van der Waals surface area contributed by atoms with Gasteiger partial charge in [0, 0.05) is 19.1 Å². The smallest absolute Gasteiger partial charge is 0.261 e. The molecule has 0 amide bonds. The molecule has 4 nitrogen and oxygen atoms in total. The Bertz CT molecular complexity index is 2230. The molecule has 0 bridgehead atoms. The molecule has 7 heteroatoms. The van der Waals surface area contributed by atoms with Gasteiger partial charge in [-0.3, -0.25) is 0 Å². The fraction of sp³-hybridized carbons (Fsp3) is 0.508. The highest BCUT2D eigenvalue weighted by atomic mass is 28.4. The van der Waals surface area contributed by atoms with E-state index in [1.807, 2.05) is 0 Å². The molecular formula is C61H83FO4Si2. The molecule has 3 saturated carbocycles. The molecule has 4 aromatic rings. The van der Waals surface area contributed by atoms with E-state index in [2.05, 4.69) is 203 Å². The predicted molar refractivity (Wildman–Crippen MR) is 288 cm³/mol. The van der Waals surface area contributed by atoms with Crippen molar-refractivity contribution in [1.29, 1.82) is 0 Å². The summed E-state index contributed by atoms with van der Waals surface area (Å²) in [6.07, 6.45) is 15.4. The molecule has 7 rings (SSSR count). The van der Waals surface area contributed by atoms with E-state index < -0.39 is 22.7 Å². The van der Waals surface area contributed by atoms with Gasteiger partial charge in [-0.1, -0.05) is 207 Å². The lowest BCUT2D eigenvalue weighted by Gasteiger charge is -2.49. The van der Waals surface area contributed by atoms with Gasteiger partial charge in [-0.15, -0.1) is 0 Å². The van der Waals surface area contributed by atoms with Crippen LogP contribution < -0.4 is 20.7 Å². The molecule has 4 aromatic carbocycles. The molecular weight excluding hydrogens is 872 g/mol. The van der Waals surface area contributed by atoms with E-state index in [-0.39, 0.29) is 27.2 Å². The normalized spacial score (nSPS) is 25.2. The Morgan fingerprint density at radius 3 is 1.68 bits per heavy atom. The van der Waals surface area contributed by atoms with Crippen LogP contribution in [-0.4, -0.2) is 48.3 Å². The molecule has 0 N–H and O–H groups in total. The molecule has 6 atom stereocenters. The van der Waals surface area contributed by atoms with Gasteiger partial charge in [0.1, 0.15) is 6.79 Å². The van der Waals surface area contributed by atoms with Crippen LogP contribution in [-0.2, 0) is 18.3 Å². The highest BCUT2D eigenvalue weighted by Crippen LogP contribution is 2.60. The van der Waals surface area contributed by atoms with E-state index in [0.29, 0.717) is 43.0 Å². The van der Waals surface area contributed by atoms with Crippen LogP contribution in [0.3, 0.4) is 0 Å². The van der Waals surface area contributed by atoms with Crippen molar-refractivity contribution in [3.8, 4) is 0 Å². The molecule has 0 aliphatic heterocycles. The summed E-state index contributed by atoms with van der Waals surface area (Å²) in [6, 6.07) is 43.5. The Balaban J connectivity index is 1.30. The summed E-state index contributed by atoms with van der Waals surface area (Å²) in [5.74, 6) is 1.84. The highest BCUT2D eigenvalue weighted by Gasteiger charge is 2.56. The first-order valence-electron chi connectivity index (χ1n) is 25.8. The van der Waals surface area contributed by atoms with E-state index in [1.54, 1.807) is 7.11 Å². The number of ether oxygens (including phenoxy) is 2. The van der Waals surface area contributed by atoms with Gasteiger partial charge < -0.3 is 18.3 Å². The van der Waals surface area contributed by atoms with Crippen molar-refractivity contribution in [1.82, 2.24) is 0 Å². The Labute approximate surface area is 413 Å². The average molecular weight is 956 g/mol. The van der Waals surface area contributed by atoms with Crippen molar-refractivity contribution in [2.24, 2.45) is 23.2 Å². The van der Waals surface area contributed by atoms with E-state index in [4.69, 9.17) is 18.3 Å². The van der Waals surface area contributed by atoms with Gasteiger partial charge in [-0.05, 0) is 118 Å². The minimum absolute atomic E-state index is 0.189. The summed E-state index contributed by atoms with van der Waals surface area (Å²) in [7, 11) is -4.41. The molecule has 68 heavy (non-hydrogen) atoms. The maximum absolute atomic E-state index is 16.3. The van der Waals surface area contributed by atoms with Crippen LogP contribution in [0.5, 0.6) is 0 Å². The standard InChI is InChI=1S/C61H83FO4Si2/c1-46(26-24-40-60(8,9)64-45-63-11)55-38-39-56-47(27-25-41-61(55,56)10)36-37-48-42-49(65-67(58(2,3)4,50-28-16-12-17-29-50)51-30-18-13-19-31-51)43-57(54(48)44-62)66-68(59(5,6)7,52-32-20-14-21-33-52)53-34-22-15-23-35-53/h12-23,28-37,44,46,49,55-57H,24-27,38-43,45H2,1-11H3/b47-36+,48-37-,54-44+/t46-,49-,55-,56+,57+,61-/m1/s1. The molecule has 366 valence electrons. The van der Waals surface area contributed by atoms with Crippen LogP contribution in [0.4, 0.5) is 4.39 Å². The average Bonchev–Trinajstić information content (AvgIpc) is 3.69. The summed E-state index contributed by atoms with van der Waals surface area (Å²) < 4.78 is 43.5. The highest BCUT2D eigenvalue weighted by molar-refractivity contribution is 7.00. The summed E-state index contributed by atoms with van der Waals surface area (Å²) in [5.41, 5.74) is 3.24. The van der Waals surface area contributed by atoms with Gasteiger partial charge in [0.05, 0.1) is 24.1 Å². The Hall–Kier alpha value is -3.70. The fourth-order valence-corrected chi connectivity index (χ4v) is 22.5. The van der Waals surface area contributed by atoms with Crippen molar-refractivity contribution in [3.05, 3.63) is 157 Å². The molecule has 0 unspecified atom stereocenters. The van der Waals surface area contributed by atoms with Crippen molar-refractivity contribution in [2.75, 3.05) is 13.9 Å². The third-order valence-electron chi connectivity index (χ3n) is 16.5. The van der Waals surface area contributed by atoms with Crippen LogP contribution in [0.15, 0.2) is 157 Å². The summed E-state index contributed by atoms with van der Waals surface area (Å²) in [6.45, 7) is 23.8. The Morgan fingerprint density at radius 2 is 1.21 bits per heavy atom.